The molecule has 0 radical (unpaired) electrons. The molecule has 21 heavy (non-hydrogen) atoms. The second-order valence-corrected chi connectivity index (χ2v) is 7.72. The van der Waals surface area contributed by atoms with E-state index in [2.05, 4.69) is 0 Å². The van der Waals surface area contributed by atoms with Gasteiger partial charge < -0.3 is 5.11 Å². The fraction of sp³-hybridized carbons (Fsp3) is 0.500. The van der Waals surface area contributed by atoms with Crippen LogP contribution < -0.4 is 0 Å². The Labute approximate surface area is 129 Å². The Morgan fingerprint density at radius 3 is 2.67 bits per heavy atom. The summed E-state index contributed by atoms with van der Waals surface area (Å²) in [6, 6.07) is 3.87. The monoisotopic (exact) mass is 331 g/mol. The summed E-state index contributed by atoms with van der Waals surface area (Å²) in [7, 11) is -3.90. The number of hydrogen-bond acceptors (Lipinski definition) is 3. The van der Waals surface area contributed by atoms with Gasteiger partial charge in [-0.25, -0.2) is 8.42 Å². The van der Waals surface area contributed by atoms with Crippen molar-refractivity contribution in [3.63, 3.8) is 0 Å². The van der Waals surface area contributed by atoms with E-state index in [-0.39, 0.29) is 22.4 Å². The average molecular weight is 332 g/mol. The minimum atomic E-state index is -3.90. The lowest BCUT2D eigenvalue weighted by atomic mass is 10.0. The van der Waals surface area contributed by atoms with Crippen molar-refractivity contribution in [2.24, 2.45) is 0 Å². The minimum absolute atomic E-state index is 0.0106. The predicted octanol–water partition coefficient (Wildman–Crippen LogP) is 2.70. The largest absolute Gasteiger partial charge is 0.480 e. The molecule has 5 nitrogen and oxygen atoms in total. The third kappa shape index (κ3) is 3.07. The number of sulfonamides is 1. The van der Waals surface area contributed by atoms with Crippen LogP contribution in [0.1, 0.15) is 38.2 Å². The Kier molecular flexibility index (Phi) is 4.60. The molecule has 7 heteroatoms. The third-order valence-electron chi connectivity index (χ3n) is 3.70. The quantitative estimate of drug-likeness (QED) is 0.920. The SMILES string of the molecule is CC(C)c1ccc(Cl)c(S(=O)(=O)N2CCC[C@@H]2C(=O)O)c1. The fourth-order valence-corrected chi connectivity index (χ4v) is 4.64. The van der Waals surface area contributed by atoms with E-state index in [9.17, 15) is 13.2 Å². The zero-order chi connectivity index (χ0) is 15.8. The molecule has 1 aromatic carbocycles. The van der Waals surface area contributed by atoms with Gasteiger partial charge in [-0.2, -0.15) is 4.31 Å². The summed E-state index contributed by atoms with van der Waals surface area (Å²) in [4.78, 5) is 11.2. The highest BCUT2D eigenvalue weighted by atomic mass is 35.5. The van der Waals surface area contributed by atoms with Gasteiger partial charge in [-0.1, -0.05) is 31.5 Å². The van der Waals surface area contributed by atoms with E-state index in [0.29, 0.717) is 12.8 Å². The number of halogens is 1. The van der Waals surface area contributed by atoms with E-state index in [0.717, 1.165) is 9.87 Å². The Hall–Kier alpha value is -1.11. The number of carbonyl (C=O) groups is 1. The van der Waals surface area contributed by atoms with E-state index >= 15 is 0 Å². The maximum atomic E-state index is 12.7. The van der Waals surface area contributed by atoms with E-state index in [1.807, 2.05) is 13.8 Å². The second-order valence-electron chi connectivity index (χ2n) is 5.46. The Morgan fingerprint density at radius 1 is 1.43 bits per heavy atom. The van der Waals surface area contributed by atoms with Crippen LogP contribution in [0.3, 0.4) is 0 Å². The molecule has 1 heterocycles. The highest BCUT2D eigenvalue weighted by Crippen LogP contribution is 2.32. The molecule has 0 amide bonds. The lowest BCUT2D eigenvalue weighted by Gasteiger charge is -2.22. The molecule has 0 aliphatic carbocycles. The number of rotatable bonds is 4. The van der Waals surface area contributed by atoms with Gasteiger partial charge in [0.15, 0.2) is 0 Å². The van der Waals surface area contributed by atoms with Gasteiger partial charge in [0, 0.05) is 6.54 Å². The lowest BCUT2D eigenvalue weighted by Crippen LogP contribution is -2.40. The summed E-state index contributed by atoms with van der Waals surface area (Å²) >= 11 is 6.04. The fourth-order valence-electron chi connectivity index (χ4n) is 2.48. The van der Waals surface area contributed by atoms with Crippen molar-refractivity contribution in [1.82, 2.24) is 4.31 Å². The molecular formula is C14H18ClNO4S. The van der Waals surface area contributed by atoms with Crippen LogP contribution in [0.2, 0.25) is 5.02 Å². The van der Waals surface area contributed by atoms with Crippen LogP contribution in [0.4, 0.5) is 0 Å². The molecule has 0 unspecified atom stereocenters. The van der Waals surface area contributed by atoms with Gasteiger partial charge in [-0.05, 0) is 36.5 Å². The number of carboxylic acid groups (broad SMARTS) is 1. The van der Waals surface area contributed by atoms with Crippen molar-refractivity contribution in [3.05, 3.63) is 28.8 Å². The maximum Gasteiger partial charge on any atom is 0.322 e. The normalized spacial score (nSPS) is 20.1. The van der Waals surface area contributed by atoms with Gasteiger partial charge >= 0.3 is 5.97 Å². The first-order chi connectivity index (χ1) is 9.75. The van der Waals surface area contributed by atoms with Crippen molar-refractivity contribution < 1.29 is 18.3 Å². The molecule has 2 rings (SSSR count). The topological polar surface area (TPSA) is 74.7 Å². The second kappa shape index (κ2) is 5.94. The summed E-state index contributed by atoms with van der Waals surface area (Å²) in [5, 5.41) is 9.29. The molecule has 0 bridgehead atoms. The first kappa shape index (κ1) is 16.3. The van der Waals surface area contributed by atoms with Gasteiger partial charge in [-0.15, -0.1) is 0 Å². The minimum Gasteiger partial charge on any atom is -0.480 e. The highest BCUT2D eigenvalue weighted by Gasteiger charge is 2.40. The van der Waals surface area contributed by atoms with Crippen LogP contribution in [0.25, 0.3) is 0 Å². The molecule has 1 N–H and O–H groups in total. The van der Waals surface area contributed by atoms with Crippen molar-refractivity contribution in [2.45, 2.75) is 43.5 Å². The Balaban J connectivity index is 2.49. The standard InChI is InChI=1S/C14H18ClNO4S/c1-9(2)10-5-6-11(15)13(8-10)21(19,20)16-7-3-4-12(16)14(17)18/h5-6,8-9,12H,3-4,7H2,1-2H3,(H,17,18)/t12-/m1/s1. The zero-order valence-corrected chi connectivity index (χ0v) is 13.5. The summed E-state index contributed by atoms with van der Waals surface area (Å²) in [5.41, 5.74) is 0.851. The van der Waals surface area contributed by atoms with E-state index < -0.39 is 22.0 Å². The zero-order valence-electron chi connectivity index (χ0n) is 11.9. The predicted molar refractivity (Wildman–Crippen MR) is 80.1 cm³/mol. The van der Waals surface area contributed by atoms with Gasteiger partial charge in [0.25, 0.3) is 0 Å². The molecule has 116 valence electrons. The number of aliphatic carboxylic acids is 1. The first-order valence-corrected chi connectivity index (χ1v) is 8.61. The lowest BCUT2D eigenvalue weighted by molar-refractivity contribution is -0.140. The molecule has 1 saturated heterocycles. The smallest absolute Gasteiger partial charge is 0.322 e. The molecule has 1 atom stereocenters. The third-order valence-corrected chi connectivity index (χ3v) is 6.09. The molecule has 0 saturated carbocycles. The summed E-state index contributed by atoms with van der Waals surface area (Å²) in [6.45, 7) is 4.12. The van der Waals surface area contributed by atoms with Gasteiger partial charge in [0.1, 0.15) is 10.9 Å². The molecule has 0 aromatic heterocycles. The van der Waals surface area contributed by atoms with E-state index in [4.69, 9.17) is 16.7 Å². The number of hydrogen-bond donors (Lipinski definition) is 1. The van der Waals surface area contributed by atoms with Crippen LogP contribution in [0.5, 0.6) is 0 Å². The average Bonchev–Trinajstić information content (AvgIpc) is 2.88. The summed E-state index contributed by atoms with van der Waals surface area (Å²) in [6.07, 6.45) is 0.869. The molecule has 1 aromatic rings. The van der Waals surface area contributed by atoms with Crippen molar-refractivity contribution in [3.8, 4) is 0 Å². The van der Waals surface area contributed by atoms with Crippen LogP contribution in [0.15, 0.2) is 23.1 Å². The van der Waals surface area contributed by atoms with Gasteiger partial charge in [0.2, 0.25) is 10.0 Å². The van der Waals surface area contributed by atoms with Gasteiger partial charge in [0.05, 0.1) is 5.02 Å². The van der Waals surface area contributed by atoms with Crippen LogP contribution >= 0.6 is 11.6 Å². The summed E-state index contributed by atoms with van der Waals surface area (Å²) < 4.78 is 26.5. The molecule has 0 spiro atoms. The van der Waals surface area contributed by atoms with Crippen molar-refractivity contribution in [2.75, 3.05) is 6.54 Å². The Bertz CT molecular complexity index is 657. The van der Waals surface area contributed by atoms with Crippen LogP contribution in [0, 0.1) is 0 Å². The van der Waals surface area contributed by atoms with Crippen molar-refractivity contribution in [1.29, 1.82) is 0 Å². The highest BCUT2D eigenvalue weighted by molar-refractivity contribution is 7.89. The van der Waals surface area contributed by atoms with Gasteiger partial charge in [-0.3, -0.25) is 4.79 Å². The molecule has 1 aliphatic heterocycles. The molecule has 1 fully saturated rings. The van der Waals surface area contributed by atoms with Crippen LogP contribution in [-0.2, 0) is 14.8 Å². The van der Waals surface area contributed by atoms with E-state index in [1.165, 1.54) is 0 Å². The number of benzene rings is 1. The molecular weight excluding hydrogens is 314 g/mol. The molecule has 1 aliphatic rings. The number of nitrogens with zero attached hydrogens (tertiary/aromatic N) is 1. The Morgan fingerprint density at radius 2 is 2.10 bits per heavy atom. The maximum absolute atomic E-state index is 12.7. The first-order valence-electron chi connectivity index (χ1n) is 6.79. The number of carboxylic acids is 1. The summed E-state index contributed by atoms with van der Waals surface area (Å²) in [5.74, 6) is -0.961. The van der Waals surface area contributed by atoms with Crippen molar-refractivity contribution >= 4 is 27.6 Å². The van der Waals surface area contributed by atoms with E-state index in [1.54, 1.807) is 18.2 Å². The van der Waals surface area contributed by atoms with Crippen LogP contribution in [-0.4, -0.2) is 36.4 Å².